The van der Waals surface area contributed by atoms with Crippen LogP contribution in [0.3, 0.4) is 0 Å². The summed E-state index contributed by atoms with van der Waals surface area (Å²) >= 11 is 0. The summed E-state index contributed by atoms with van der Waals surface area (Å²) in [6, 6.07) is -0.821. The summed E-state index contributed by atoms with van der Waals surface area (Å²) in [7, 11) is 0. The van der Waals surface area contributed by atoms with Gasteiger partial charge in [0.2, 0.25) is 5.91 Å². The number of hydrogen-bond donors (Lipinski definition) is 5. The van der Waals surface area contributed by atoms with Crippen LogP contribution in [0.25, 0.3) is 0 Å². The molecule has 3 fully saturated rings. The van der Waals surface area contributed by atoms with E-state index in [1.165, 1.54) is 6.08 Å². The number of epoxide rings is 1. The van der Waals surface area contributed by atoms with E-state index < -0.39 is 53.7 Å². The molecule has 0 aromatic heterocycles. The molecule has 164 valence electrons. The molecule has 3 aliphatic rings. The number of ketones is 1. The topological polar surface area (TPSA) is 140 Å². The zero-order chi connectivity index (χ0) is 21.0. The first kappa shape index (κ1) is 22.4. The van der Waals surface area contributed by atoms with E-state index in [2.05, 4.69) is 5.32 Å². The molecule has 0 aromatic rings. The number of fused-ring (bicyclic) bond motifs is 4. The highest BCUT2D eigenvalue weighted by Crippen LogP contribution is 2.50. The van der Waals surface area contributed by atoms with Gasteiger partial charge in [-0.05, 0) is 25.3 Å². The largest absolute Gasteiger partial charge is 0.396 e. The Morgan fingerprint density at radius 3 is 2.45 bits per heavy atom. The van der Waals surface area contributed by atoms with Crippen molar-refractivity contribution in [3.8, 4) is 0 Å². The third kappa shape index (κ3) is 4.88. The molecule has 7 atom stereocenters. The van der Waals surface area contributed by atoms with Gasteiger partial charge in [-0.2, -0.15) is 0 Å². The lowest BCUT2D eigenvalue weighted by Gasteiger charge is -2.46. The second kappa shape index (κ2) is 9.66. The fraction of sp³-hybridized carbons (Fsp3) is 0.810. The summed E-state index contributed by atoms with van der Waals surface area (Å²) in [6.45, 7) is 0.260. The number of ether oxygens (including phenoxy) is 1. The molecule has 1 saturated heterocycles. The summed E-state index contributed by atoms with van der Waals surface area (Å²) in [5.41, 5.74) is -1.76. The monoisotopic (exact) mass is 411 g/mol. The molecule has 1 amide bonds. The molecule has 2 saturated carbocycles. The van der Waals surface area contributed by atoms with Crippen molar-refractivity contribution in [1.82, 2.24) is 5.32 Å². The molecule has 0 aromatic carbocycles. The molecule has 0 radical (unpaired) electrons. The standard InChI is InChI=1S/C21H33NO7/c23-11-9-7-5-3-1-2-4-6-8-10-14(24)22-13-12-21(28)19(27)15(16(13)25)17(26)18-20(21)29-18/h8,10,13,15-18,20,23,25-26,28H,1-7,9,11-12H2,(H,22,24)/t13-,15-,16+,17-,18-,20-,21+/m0/s1. The number of Topliss-reactive ketones (excluding diaryl/α,β-unsaturated/α-hetero) is 1. The SMILES string of the molecule is O=C(C=CCCCCCCCCCO)N[C@H]1C[C@@]2(O)C(=O)[C@H]([C@H](O)[C@@H]3O[C@@H]32)[C@@H]1O. The zero-order valence-corrected chi connectivity index (χ0v) is 16.7. The van der Waals surface area contributed by atoms with Gasteiger partial charge in [0.1, 0.15) is 12.2 Å². The van der Waals surface area contributed by atoms with Crippen LogP contribution < -0.4 is 5.32 Å². The van der Waals surface area contributed by atoms with Gasteiger partial charge in [0, 0.05) is 13.0 Å². The van der Waals surface area contributed by atoms with Gasteiger partial charge in [0.05, 0.1) is 24.2 Å². The highest BCUT2D eigenvalue weighted by Gasteiger charge is 2.72. The minimum absolute atomic E-state index is 0.118. The van der Waals surface area contributed by atoms with Gasteiger partial charge in [-0.15, -0.1) is 0 Å². The van der Waals surface area contributed by atoms with Gasteiger partial charge in [0.25, 0.3) is 0 Å². The Morgan fingerprint density at radius 2 is 1.76 bits per heavy atom. The first-order valence-corrected chi connectivity index (χ1v) is 10.8. The number of aliphatic hydroxyl groups is 4. The van der Waals surface area contributed by atoms with Crippen LogP contribution in [0.15, 0.2) is 12.2 Å². The van der Waals surface area contributed by atoms with E-state index in [1.54, 1.807) is 6.08 Å². The minimum atomic E-state index is -1.76. The Bertz CT molecular complexity index is 624. The average molecular weight is 411 g/mol. The minimum Gasteiger partial charge on any atom is -0.396 e. The molecule has 2 bridgehead atoms. The van der Waals surface area contributed by atoms with Crippen LogP contribution in [-0.2, 0) is 14.3 Å². The lowest BCUT2D eigenvalue weighted by atomic mass is 9.64. The molecule has 8 nitrogen and oxygen atoms in total. The molecular formula is C21H33NO7. The molecular weight excluding hydrogens is 378 g/mol. The van der Waals surface area contributed by atoms with E-state index in [-0.39, 0.29) is 13.0 Å². The third-order valence-electron chi connectivity index (χ3n) is 6.37. The van der Waals surface area contributed by atoms with Gasteiger partial charge in [0.15, 0.2) is 11.4 Å². The molecule has 29 heavy (non-hydrogen) atoms. The van der Waals surface area contributed by atoms with Crippen molar-refractivity contribution in [2.75, 3.05) is 6.61 Å². The van der Waals surface area contributed by atoms with Crippen LogP contribution in [-0.4, -0.2) is 74.8 Å². The lowest BCUT2D eigenvalue weighted by Crippen LogP contribution is -2.69. The van der Waals surface area contributed by atoms with Gasteiger partial charge in [-0.25, -0.2) is 0 Å². The predicted molar refractivity (Wildman–Crippen MR) is 104 cm³/mol. The van der Waals surface area contributed by atoms with Crippen LogP contribution >= 0.6 is 0 Å². The number of rotatable bonds is 11. The quantitative estimate of drug-likeness (QED) is 0.183. The maximum absolute atomic E-state index is 12.4. The van der Waals surface area contributed by atoms with Crippen molar-refractivity contribution in [1.29, 1.82) is 0 Å². The van der Waals surface area contributed by atoms with E-state index in [9.17, 15) is 24.9 Å². The van der Waals surface area contributed by atoms with Crippen molar-refractivity contribution in [3.05, 3.63) is 12.2 Å². The fourth-order valence-corrected chi connectivity index (χ4v) is 4.65. The van der Waals surface area contributed by atoms with Gasteiger partial charge in [-0.1, -0.05) is 38.2 Å². The molecule has 0 unspecified atom stereocenters. The Kier molecular flexibility index (Phi) is 7.45. The second-order valence-corrected chi connectivity index (χ2v) is 8.53. The first-order valence-electron chi connectivity index (χ1n) is 10.8. The summed E-state index contributed by atoms with van der Waals surface area (Å²) < 4.78 is 5.25. The summed E-state index contributed by atoms with van der Waals surface area (Å²) in [6.07, 6.45) is 7.49. The van der Waals surface area contributed by atoms with Crippen LogP contribution in [0, 0.1) is 5.92 Å². The van der Waals surface area contributed by atoms with Crippen molar-refractivity contribution < 1.29 is 34.8 Å². The first-order chi connectivity index (χ1) is 13.9. The van der Waals surface area contributed by atoms with Crippen LogP contribution in [0.1, 0.15) is 57.8 Å². The highest BCUT2D eigenvalue weighted by atomic mass is 16.6. The maximum atomic E-state index is 12.4. The fourth-order valence-electron chi connectivity index (χ4n) is 4.65. The Morgan fingerprint density at radius 1 is 1.10 bits per heavy atom. The molecule has 1 aliphatic heterocycles. The van der Waals surface area contributed by atoms with E-state index in [0.717, 1.165) is 51.4 Å². The highest BCUT2D eigenvalue weighted by molar-refractivity contribution is 5.94. The van der Waals surface area contributed by atoms with Crippen LogP contribution in [0.2, 0.25) is 0 Å². The Labute approximate surface area is 170 Å². The maximum Gasteiger partial charge on any atom is 0.243 e. The van der Waals surface area contributed by atoms with Gasteiger partial charge >= 0.3 is 0 Å². The van der Waals surface area contributed by atoms with Gasteiger partial charge in [-0.3, -0.25) is 9.59 Å². The third-order valence-corrected chi connectivity index (χ3v) is 6.37. The number of amides is 1. The van der Waals surface area contributed by atoms with Crippen molar-refractivity contribution in [2.45, 2.75) is 93.8 Å². The number of unbranched alkanes of at least 4 members (excludes halogenated alkanes) is 7. The molecule has 3 rings (SSSR count). The number of hydrogen-bond acceptors (Lipinski definition) is 7. The van der Waals surface area contributed by atoms with Gasteiger partial charge < -0.3 is 30.5 Å². The van der Waals surface area contributed by atoms with E-state index in [0.29, 0.717) is 0 Å². The molecule has 2 aliphatic carbocycles. The molecule has 5 N–H and O–H groups in total. The smallest absolute Gasteiger partial charge is 0.243 e. The summed E-state index contributed by atoms with van der Waals surface area (Å²) in [5.74, 6) is -2.14. The summed E-state index contributed by atoms with van der Waals surface area (Å²) in [5, 5.41) is 42.7. The number of aliphatic hydroxyl groups excluding tert-OH is 3. The molecule has 0 spiro atoms. The number of carbonyl (C=O) groups is 2. The zero-order valence-electron chi connectivity index (χ0n) is 16.7. The van der Waals surface area contributed by atoms with Crippen LogP contribution in [0.5, 0.6) is 0 Å². The number of allylic oxidation sites excluding steroid dienone is 1. The average Bonchev–Trinajstić information content (AvgIpc) is 3.49. The second-order valence-electron chi connectivity index (χ2n) is 8.53. The van der Waals surface area contributed by atoms with Crippen molar-refractivity contribution in [2.24, 2.45) is 5.92 Å². The Hall–Kier alpha value is -1.32. The van der Waals surface area contributed by atoms with Crippen molar-refractivity contribution >= 4 is 11.7 Å². The summed E-state index contributed by atoms with van der Waals surface area (Å²) in [4.78, 5) is 24.6. The predicted octanol–water partition coefficient (Wildman–Crippen LogP) is -0.0366. The number of carbonyl (C=O) groups excluding carboxylic acids is 2. The van der Waals surface area contributed by atoms with E-state index in [1.807, 2.05) is 0 Å². The molecule has 8 heteroatoms. The molecule has 1 heterocycles. The number of nitrogens with one attached hydrogen (secondary N) is 1. The van der Waals surface area contributed by atoms with Crippen LogP contribution in [0.4, 0.5) is 0 Å². The van der Waals surface area contributed by atoms with E-state index >= 15 is 0 Å². The van der Waals surface area contributed by atoms with Crippen molar-refractivity contribution in [3.63, 3.8) is 0 Å². The van der Waals surface area contributed by atoms with E-state index in [4.69, 9.17) is 9.84 Å². The lowest BCUT2D eigenvalue weighted by molar-refractivity contribution is -0.171. The Balaban J connectivity index is 1.38. The normalized spacial score (nSPS) is 38.1.